The first kappa shape index (κ1) is 17.3. The van der Waals surface area contributed by atoms with Gasteiger partial charge in [0.2, 0.25) is 0 Å². The first-order valence-corrected chi connectivity index (χ1v) is 8.22. The van der Waals surface area contributed by atoms with Gasteiger partial charge in [0.25, 0.3) is 0 Å². The molecule has 0 saturated carbocycles. The van der Waals surface area contributed by atoms with Crippen molar-refractivity contribution in [3.63, 3.8) is 0 Å². The lowest BCUT2D eigenvalue weighted by molar-refractivity contribution is 0.00578. The zero-order valence-corrected chi connectivity index (χ0v) is 15.1. The molecule has 0 bridgehead atoms. The minimum Gasteiger partial charge on any atom is -0.444 e. The molecule has 5 nitrogen and oxygen atoms in total. The number of anilines is 1. The smallest absolute Gasteiger partial charge is 0.444 e. The normalized spacial score (nSPS) is 20.0. The molecule has 122 valence electrons. The maximum absolute atomic E-state index is 11.8. The molecule has 0 spiro atoms. The fourth-order valence-electron chi connectivity index (χ4n) is 1.92. The van der Waals surface area contributed by atoms with E-state index in [1.807, 2.05) is 59.9 Å². The predicted molar refractivity (Wildman–Crippen MR) is 89.9 cm³/mol. The second-order valence-corrected chi connectivity index (χ2v) is 8.37. The summed E-state index contributed by atoms with van der Waals surface area (Å²) in [6.07, 6.45) is -0.463. The van der Waals surface area contributed by atoms with Crippen molar-refractivity contribution in [3.05, 3.63) is 11.4 Å². The number of nitrogens with one attached hydrogen (secondary N) is 1. The van der Waals surface area contributed by atoms with Crippen LogP contribution in [0.1, 0.15) is 48.5 Å². The van der Waals surface area contributed by atoms with Crippen molar-refractivity contribution in [2.75, 3.05) is 5.32 Å². The monoisotopic (exact) mass is 325 g/mol. The van der Waals surface area contributed by atoms with Gasteiger partial charge in [-0.1, -0.05) is 0 Å². The highest BCUT2D eigenvalue weighted by atomic mass is 32.1. The van der Waals surface area contributed by atoms with Crippen molar-refractivity contribution in [1.29, 1.82) is 0 Å². The molecule has 1 saturated heterocycles. The van der Waals surface area contributed by atoms with E-state index in [-0.39, 0.29) is 11.2 Å². The van der Waals surface area contributed by atoms with Gasteiger partial charge in [-0.25, -0.2) is 4.79 Å². The Labute approximate surface area is 136 Å². The number of hydrogen-bond donors (Lipinski definition) is 1. The number of rotatable bonds is 2. The van der Waals surface area contributed by atoms with Gasteiger partial charge < -0.3 is 14.0 Å². The Hall–Kier alpha value is -1.05. The number of carbonyl (C=O) groups excluding carboxylic acids is 1. The third kappa shape index (κ3) is 3.83. The Morgan fingerprint density at radius 3 is 2.27 bits per heavy atom. The van der Waals surface area contributed by atoms with Crippen LogP contribution in [0.25, 0.3) is 0 Å². The van der Waals surface area contributed by atoms with E-state index in [4.69, 9.17) is 14.0 Å². The topological polar surface area (TPSA) is 56.8 Å². The molecule has 7 heteroatoms. The van der Waals surface area contributed by atoms with Crippen LogP contribution < -0.4 is 10.8 Å². The maximum Gasteiger partial charge on any atom is 0.495 e. The highest BCUT2D eigenvalue weighted by Crippen LogP contribution is 2.37. The molecule has 22 heavy (non-hydrogen) atoms. The zero-order chi connectivity index (χ0) is 16.8. The molecule has 1 aliphatic rings. The van der Waals surface area contributed by atoms with E-state index in [1.165, 1.54) is 11.3 Å². The van der Waals surface area contributed by atoms with Crippen LogP contribution in [0.5, 0.6) is 0 Å². The Morgan fingerprint density at radius 2 is 1.77 bits per heavy atom. The van der Waals surface area contributed by atoms with Gasteiger partial charge in [-0.2, -0.15) is 0 Å². The second-order valence-electron chi connectivity index (χ2n) is 7.46. The number of hydrogen-bond acceptors (Lipinski definition) is 5. The summed E-state index contributed by atoms with van der Waals surface area (Å²) < 4.78 is 17.2. The maximum atomic E-state index is 11.8. The largest absolute Gasteiger partial charge is 0.495 e. The Bertz CT molecular complexity index is 546. The van der Waals surface area contributed by atoms with E-state index in [1.54, 1.807) is 0 Å². The molecule has 1 aliphatic heterocycles. The van der Waals surface area contributed by atoms with Crippen LogP contribution in [-0.2, 0) is 14.0 Å². The summed E-state index contributed by atoms with van der Waals surface area (Å²) in [5.74, 6) is 0. The first-order valence-electron chi connectivity index (χ1n) is 7.34. The molecule has 1 amide bonds. The minimum absolute atomic E-state index is 0.377. The van der Waals surface area contributed by atoms with Crippen LogP contribution in [0.2, 0.25) is 0 Å². The second kappa shape index (κ2) is 5.55. The summed E-state index contributed by atoms with van der Waals surface area (Å²) in [4.78, 5) is 11.8. The first-order chi connectivity index (χ1) is 9.90. The molecule has 0 aliphatic carbocycles. The third-order valence-electron chi connectivity index (χ3n) is 3.77. The molecule has 0 radical (unpaired) electrons. The Balaban J connectivity index is 2.03. The molecular weight excluding hydrogens is 301 g/mol. The summed E-state index contributed by atoms with van der Waals surface area (Å²) in [7, 11) is -0.421. The van der Waals surface area contributed by atoms with Crippen LogP contribution in [-0.4, -0.2) is 30.0 Å². The molecular formula is C15H24BNO4S. The summed E-state index contributed by atoms with van der Waals surface area (Å²) in [5.41, 5.74) is -0.373. The average Bonchev–Trinajstić information content (AvgIpc) is 2.79. The van der Waals surface area contributed by atoms with Gasteiger partial charge in [-0.15, -0.1) is 11.3 Å². The zero-order valence-electron chi connectivity index (χ0n) is 14.3. The van der Waals surface area contributed by atoms with Crippen molar-refractivity contribution >= 4 is 35.0 Å². The minimum atomic E-state index is -0.518. The van der Waals surface area contributed by atoms with Crippen LogP contribution >= 0.6 is 11.3 Å². The fraction of sp³-hybridized carbons (Fsp3) is 0.667. The van der Waals surface area contributed by atoms with Crippen molar-refractivity contribution < 1.29 is 18.8 Å². The van der Waals surface area contributed by atoms with E-state index in [2.05, 4.69) is 5.32 Å². The SMILES string of the molecule is CC(C)(C)OC(=O)Nc1cc(B2OC(C)(C)C(C)(C)O2)cs1. The highest BCUT2D eigenvalue weighted by Gasteiger charge is 2.51. The molecule has 0 unspecified atom stereocenters. The Kier molecular flexibility index (Phi) is 4.36. The van der Waals surface area contributed by atoms with Gasteiger partial charge in [0.15, 0.2) is 0 Å². The van der Waals surface area contributed by atoms with Crippen molar-refractivity contribution in [2.24, 2.45) is 0 Å². The van der Waals surface area contributed by atoms with E-state index >= 15 is 0 Å². The number of thiophene rings is 1. The van der Waals surface area contributed by atoms with E-state index < -0.39 is 18.8 Å². The van der Waals surface area contributed by atoms with E-state index in [0.717, 1.165) is 5.46 Å². The molecule has 0 atom stereocenters. The van der Waals surface area contributed by atoms with Crippen LogP contribution in [0.15, 0.2) is 11.4 Å². The van der Waals surface area contributed by atoms with Gasteiger partial charge >= 0.3 is 13.2 Å². The van der Waals surface area contributed by atoms with Gasteiger partial charge in [0.05, 0.1) is 16.2 Å². The summed E-state index contributed by atoms with van der Waals surface area (Å²) in [6, 6.07) is 1.86. The lowest BCUT2D eigenvalue weighted by Gasteiger charge is -2.32. The standard InChI is InChI=1S/C15H24BNO4S/c1-13(2,3)19-12(18)17-11-8-10(9-22-11)16-20-14(4,5)15(6,7)21-16/h8-9H,1-7H3,(H,17,18). The van der Waals surface area contributed by atoms with Crippen LogP contribution in [0.3, 0.4) is 0 Å². The quantitative estimate of drug-likeness (QED) is 0.847. The Morgan fingerprint density at radius 1 is 1.23 bits per heavy atom. The molecule has 1 aromatic rings. The number of carbonyl (C=O) groups is 1. The predicted octanol–water partition coefficient (Wildman–Crippen LogP) is 3.39. The lowest BCUT2D eigenvalue weighted by atomic mass is 9.81. The van der Waals surface area contributed by atoms with Gasteiger partial charge in [-0.3, -0.25) is 5.32 Å². The van der Waals surface area contributed by atoms with Gasteiger partial charge in [0.1, 0.15) is 5.60 Å². The summed E-state index contributed by atoms with van der Waals surface area (Å²) in [5, 5.41) is 5.36. The highest BCUT2D eigenvalue weighted by molar-refractivity contribution is 7.15. The molecule has 1 aromatic heterocycles. The van der Waals surface area contributed by atoms with Crippen molar-refractivity contribution in [3.8, 4) is 0 Å². The molecule has 2 heterocycles. The molecule has 0 aromatic carbocycles. The third-order valence-corrected chi connectivity index (χ3v) is 4.63. The molecule has 2 rings (SSSR count). The van der Waals surface area contributed by atoms with Gasteiger partial charge in [0, 0.05) is 0 Å². The lowest BCUT2D eigenvalue weighted by Crippen LogP contribution is -2.41. The van der Waals surface area contributed by atoms with Crippen LogP contribution in [0, 0.1) is 0 Å². The number of ether oxygens (including phenoxy) is 1. The molecule has 1 fully saturated rings. The average molecular weight is 325 g/mol. The summed E-state index contributed by atoms with van der Waals surface area (Å²) in [6.45, 7) is 13.5. The number of amides is 1. The van der Waals surface area contributed by atoms with Crippen LogP contribution in [0.4, 0.5) is 9.80 Å². The molecule has 1 N–H and O–H groups in total. The fourth-order valence-corrected chi connectivity index (χ4v) is 2.71. The van der Waals surface area contributed by atoms with Crippen molar-refractivity contribution in [1.82, 2.24) is 0 Å². The summed E-state index contributed by atoms with van der Waals surface area (Å²) >= 11 is 1.42. The van der Waals surface area contributed by atoms with Gasteiger partial charge in [-0.05, 0) is 65.4 Å². The van der Waals surface area contributed by atoms with E-state index in [0.29, 0.717) is 5.00 Å². The van der Waals surface area contributed by atoms with Crippen molar-refractivity contribution in [2.45, 2.75) is 65.3 Å². The van der Waals surface area contributed by atoms with E-state index in [9.17, 15) is 4.79 Å².